The molecule has 0 aliphatic carbocycles. The van der Waals surface area contributed by atoms with E-state index in [1.54, 1.807) is 0 Å². The fraction of sp³-hybridized carbons (Fsp3) is 0.231. The van der Waals surface area contributed by atoms with Crippen LogP contribution >= 0.6 is 11.8 Å². The largest absolute Gasteiger partial charge is 0.481 e. The highest BCUT2D eigenvalue weighted by Gasteiger charge is 2.13. The highest BCUT2D eigenvalue weighted by molar-refractivity contribution is 7.99. The number of para-hydroxylation sites is 2. The van der Waals surface area contributed by atoms with E-state index in [0.717, 1.165) is 11.0 Å². The van der Waals surface area contributed by atoms with Crippen LogP contribution in [0, 0.1) is 0 Å². The van der Waals surface area contributed by atoms with Crippen molar-refractivity contribution in [3.05, 3.63) is 36.5 Å². The highest BCUT2D eigenvalue weighted by Crippen LogP contribution is 2.24. The van der Waals surface area contributed by atoms with Gasteiger partial charge in [-0.25, -0.2) is 4.98 Å². The Morgan fingerprint density at radius 1 is 1.38 bits per heavy atom. The Morgan fingerprint density at radius 3 is 3.00 bits per heavy atom. The Bertz CT molecular complexity index is 754. The monoisotopic (exact) mass is 304 g/mol. The topological polar surface area (TPSA) is 94.0 Å². The highest BCUT2D eigenvalue weighted by atomic mass is 32.2. The second-order valence-corrected chi connectivity index (χ2v) is 5.24. The van der Waals surface area contributed by atoms with Crippen LogP contribution in [0.4, 0.5) is 0 Å². The molecule has 0 fully saturated rings. The standard InChI is InChI=1S/C13H12N4O3S/c18-12(19)7-21-13-16-9-3-1-2-4-10(9)17(13)6-5-11-14-8-15-20-11/h1-4,8H,5-7H2,(H,18,19). The zero-order chi connectivity index (χ0) is 14.7. The van der Waals surface area contributed by atoms with Gasteiger partial charge in [0.15, 0.2) is 11.5 Å². The molecule has 3 rings (SSSR count). The number of rotatable bonds is 6. The molecule has 0 bridgehead atoms. The first-order valence-corrected chi connectivity index (χ1v) is 7.28. The van der Waals surface area contributed by atoms with E-state index in [0.29, 0.717) is 24.0 Å². The lowest BCUT2D eigenvalue weighted by Gasteiger charge is -2.06. The van der Waals surface area contributed by atoms with Gasteiger partial charge in [-0.15, -0.1) is 0 Å². The number of carboxylic acids is 1. The Balaban J connectivity index is 1.89. The summed E-state index contributed by atoms with van der Waals surface area (Å²) < 4.78 is 6.97. The molecule has 0 amide bonds. The van der Waals surface area contributed by atoms with E-state index in [4.69, 9.17) is 9.63 Å². The fourth-order valence-electron chi connectivity index (χ4n) is 2.02. The number of aryl methyl sites for hydroxylation is 2. The molecule has 0 saturated carbocycles. The van der Waals surface area contributed by atoms with Crippen LogP contribution in [0.25, 0.3) is 11.0 Å². The van der Waals surface area contributed by atoms with Crippen molar-refractivity contribution < 1.29 is 14.4 Å². The van der Waals surface area contributed by atoms with E-state index in [-0.39, 0.29) is 5.75 Å². The van der Waals surface area contributed by atoms with E-state index in [9.17, 15) is 4.79 Å². The van der Waals surface area contributed by atoms with Crippen molar-refractivity contribution in [2.24, 2.45) is 0 Å². The molecule has 0 unspecified atom stereocenters. The summed E-state index contributed by atoms with van der Waals surface area (Å²) in [5.74, 6) is -0.346. The maximum absolute atomic E-state index is 10.8. The smallest absolute Gasteiger partial charge is 0.313 e. The summed E-state index contributed by atoms with van der Waals surface area (Å²) in [6.07, 6.45) is 1.93. The van der Waals surface area contributed by atoms with Crippen LogP contribution in [0.15, 0.2) is 40.3 Å². The average molecular weight is 304 g/mol. The van der Waals surface area contributed by atoms with Gasteiger partial charge in [0.2, 0.25) is 5.89 Å². The van der Waals surface area contributed by atoms with Crippen molar-refractivity contribution in [1.29, 1.82) is 0 Å². The molecular weight excluding hydrogens is 292 g/mol. The minimum atomic E-state index is -0.865. The van der Waals surface area contributed by atoms with Crippen molar-refractivity contribution >= 4 is 28.8 Å². The van der Waals surface area contributed by atoms with E-state index < -0.39 is 5.97 Å². The molecule has 0 spiro atoms. The van der Waals surface area contributed by atoms with Crippen molar-refractivity contribution in [3.8, 4) is 0 Å². The summed E-state index contributed by atoms with van der Waals surface area (Å²) in [6.45, 7) is 0.602. The van der Waals surface area contributed by atoms with Crippen molar-refractivity contribution in [2.75, 3.05) is 5.75 Å². The molecule has 2 heterocycles. The number of carboxylic acid groups (broad SMARTS) is 1. The number of nitrogens with zero attached hydrogens (tertiary/aromatic N) is 4. The van der Waals surface area contributed by atoms with Gasteiger partial charge in [0, 0.05) is 13.0 Å². The Labute approximate surface area is 124 Å². The van der Waals surface area contributed by atoms with Crippen molar-refractivity contribution in [3.63, 3.8) is 0 Å². The van der Waals surface area contributed by atoms with Crippen LogP contribution in [0.1, 0.15) is 5.89 Å². The molecule has 0 aliphatic heterocycles. The van der Waals surface area contributed by atoms with E-state index in [1.807, 2.05) is 28.8 Å². The molecule has 1 aromatic carbocycles. The Kier molecular flexibility index (Phi) is 3.87. The number of aliphatic carboxylic acids is 1. The third-order valence-corrected chi connectivity index (χ3v) is 3.86. The van der Waals surface area contributed by atoms with Crippen LogP contribution < -0.4 is 0 Å². The summed E-state index contributed by atoms with van der Waals surface area (Å²) in [4.78, 5) is 19.2. The summed E-state index contributed by atoms with van der Waals surface area (Å²) in [5, 5.41) is 13.1. The molecule has 7 nitrogen and oxygen atoms in total. The van der Waals surface area contributed by atoms with Gasteiger partial charge in [0.1, 0.15) is 0 Å². The molecule has 0 saturated heterocycles. The van der Waals surface area contributed by atoms with Gasteiger partial charge in [-0.05, 0) is 12.1 Å². The lowest BCUT2D eigenvalue weighted by molar-refractivity contribution is -0.133. The molecule has 3 aromatic rings. The van der Waals surface area contributed by atoms with Gasteiger partial charge >= 0.3 is 5.97 Å². The van der Waals surface area contributed by atoms with Gasteiger partial charge in [-0.1, -0.05) is 29.1 Å². The lowest BCUT2D eigenvalue weighted by Crippen LogP contribution is -2.05. The van der Waals surface area contributed by atoms with Crippen LogP contribution in [0.5, 0.6) is 0 Å². The summed E-state index contributed by atoms with van der Waals surface area (Å²) in [7, 11) is 0. The SMILES string of the molecule is O=C(O)CSc1nc2ccccc2n1CCc1ncno1. The Morgan fingerprint density at radius 2 is 2.24 bits per heavy atom. The van der Waals surface area contributed by atoms with Gasteiger partial charge in [-0.2, -0.15) is 4.98 Å². The fourth-order valence-corrected chi connectivity index (χ4v) is 2.78. The molecule has 0 atom stereocenters. The molecular formula is C13H12N4O3S. The zero-order valence-electron chi connectivity index (χ0n) is 11.0. The molecule has 2 aromatic heterocycles. The average Bonchev–Trinajstić information content (AvgIpc) is 3.10. The second-order valence-electron chi connectivity index (χ2n) is 4.30. The molecule has 0 radical (unpaired) electrons. The van der Waals surface area contributed by atoms with Crippen LogP contribution in [-0.4, -0.2) is 36.5 Å². The van der Waals surface area contributed by atoms with E-state index in [2.05, 4.69) is 15.1 Å². The molecule has 0 aliphatic rings. The number of fused-ring (bicyclic) bond motifs is 1. The first kappa shape index (κ1) is 13.6. The number of imidazole rings is 1. The number of benzene rings is 1. The van der Waals surface area contributed by atoms with Gasteiger partial charge in [-0.3, -0.25) is 4.79 Å². The second kappa shape index (κ2) is 5.96. The van der Waals surface area contributed by atoms with E-state index >= 15 is 0 Å². The zero-order valence-corrected chi connectivity index (χ0v) is 11.8. The summed E-state index contributed by atoms with van der Waals surface area (Å²) in [6, 6.07) is 7.70. The maximum Gasteiger partial charge on any atom is 0.313 e. The normalized spacial score (nSPS) is 11.0. The van der Waals surface area contributed by atoms with Gasteiger partial charge in [0.05, 0.1) is 16.8 Å². The molecule has 8 heteroatoms. The maximum atomic E-state index is 10.8. The van der Waals surface area contributed by atoms with Gasteiger partial charge < -0.3 is 14.2 Å². The predicted molar refractivity (Wildman–Crippen MR) is 76.1 cm³/mol. The quantitative estimate of drug-likeness (QED) is 0.694. The summed E-state index contributed by atoms with van der Waals surface area (Å²) >= 11 is 1.20. The molecule has 108 valence electrons. The molecule has 1 N–H and O–H groups in total. The third-order valence-electron chi connectivity index (χ3n) is 2.90. The molecule has 21 heavy (non-hydrogen) atoms. The van der Waals surface area contributed by atoms with Gasteiger partial charge in [0.25, 0.3) is 0 Å². The predicted octanol–water partition coefficient (Wildman–Crippen LogP) is 1.84. The minimum Gasteiger partial charge on any atom is -0.481 e. The summed E-state index contributed by atoms with van der Waals surface area (Å²) in [5.41, 5.74) is 1.81. The number of carbonyl (C=O) groups is 1. The third kappa shape index (κ3) is 3.05. The van der Waals surface area contributed by atoms with Crippen molar-refractivity contribution in [1.82, 2.24) is 19.7 Å². The number of hydrogen-bond acceptors (Lipinski definition) is 6. The van der Waals surface area contributed by atoms with Crippen LogP contribution in [-0.2, 0) is 17.8 Å². The van der Waals surface area contributed by atoms with Crippen LogP contribution in [0.3, 0.4) is 0 Å². The Hall–Kier alpha value is -2.35. The number of hydrogen-bond donors (Lipinski definition) is 1. The number of thioether (sulfide) groups is 1. The first-order chi connectivity index (χ1) is 10.2. The van der Waals surface area contributed by atoms with Crippen molar-refractivity contribution in [2.45, 2.75) is 18.1 Å². The number of aromatic nitrogens is 4. The first-order valence-electron chi connectivity index (χ1n) is 6.29. The minimum absolute atomic E-state index is 0.0239. The van der Waals surface area contributed by atoms with E-state index in [1.165, 1.54) is 18.1 Å². The van der Waals surface area contributed by atoms with Crippen LogP contribution in [0.2, 0.25) is 0 Å². The lowest BCUT2D eigenvalue weighted by atomic mass is 10.3.